The number of hydrogen-bond acceptors (Lipinski definition) is 9. The number of anilines is 1. The molecule has 1 fully saturated rings. The maximum Gasteiger partial charge on any atom is 0.257 e. The van der Waals surface area contributed by atoms with Crippen LogP contribution < -0.4 is 15.4 Å². The Labute approximate surface area is 269 Å². The summed E-state index contributed by atoms with van der Waals surface area (Å²) in [6, 6.07) is 11.8. The highest BCUT2D eigenvalue weighted by atomic mass is 32.2. The Hall–Kier alpha value is -3.25. The fourth-order valence-electron chi connectivity index (χ4n) is 4.28. The van der Waals surface area contributed by atoms with Gasteiger partial charge in [-0.15, -0.1) is 0 Å². The summed E-state index contributed by atoms with van der Waals surface area (Å²) < 4.78 is 6.49. The lowest BCUT2D eigenvalue weighted by Crippen LogP contribution is -2.47. The van der Waals surface area contributed by atoms with E-state index in [0.717, 1.165) is 46.2 Å². The largest absolute Gasteiger partial charge is 0.496 e. The van der Waals surface area contributed by atoms with Crippen molar-refractivity contribution in [1.82, 2.24) is 20.1 Å². The zero-order chi connectivity index (χ0) is 32.4. The molecule has 0 aliphatic carbocycles. The summed E-state index contributed by atoms with van der Waals surface area (Å²) in [7, 11) is 3.66. The van der Waals surface area contributed by atoms with E-state index >= 15 is 0 Å². The number of rotatable bonds is 9. The predicted molar refractivity (Wildman–Crippen MR) is 179 cm³/mol. The number of methoxy groups -OCH3 is 1. The molecule has 1 aromatic heterocycles. The zero-order valence-electron chi connectivity index (χ0n) is 27.0. The topological polar surface area (TPSA) is 104 Å². The fraction of sp³-hybridized carbons (Fsp3) is 0.455. The molecule has 9 nitrogen and oxygen atoms in total. The number of aldehydes is 1. The van der Waals surface area contributed by atoms with Crippen LogP contribution in [-0.2, 0) is 11.3 Å². The highest BCUT2D eigenvalue weighted by molar-refractivity contribution is 8.01. The molecule has 2 aromatic carbocycles. The third-order valence-electron chi connectivity index (χ3n) is 7.56. The van der Waals surface area contributed by atoms with Gasteiger partial charge < -0.3 is 24.6 Å². The van der Waals surface area contributed by atoms with E-state index in [1.165, 1.54) is 30.0 Å². The molecule has 44 heavy (non-hydrogen) atoms. The van der Waals surface area contributed by atoms with Gasteiger partial charge in [-0.1, -0.05) is 56.0 Å². The van der Waals surface area contributed by atoms with Crippen molar-refractivity contribution in [2.75, 3.05) is 45.7 Å². The van der Waals surface area contributed by atoms with Crippen molar-refractivity contribution >= 4 is 46.3 Å². The number of hydrogen-bond donors (Lipinski definition) is 2. The average molecular weight is 640 g/mol. The van der Waals surface area contributed by atoms with Gasteiger partial charge in [0.25, 0.3) is 11.8 Å². The number of carbonyl (C=O) groups excluding carboxylic acids is 3. The number of nitrogens with one attached hydrogen (secondary N) is 2. The minimum Gasteiger partial charge on any atom is -0.496 e. The molecule has 0 saturated carbocycles. The molecule has 1 atom stereocenters. The maximum atomic E-state index is 13.3. The lowest BCUT2D eigenvalue weighted by Gasteiger charge is -2.32. The molecule has 2 N–H and O–H groups in total. The first kappa shape index (κ1) is 35.2. The second-order valence-electron chi connectivity index (χ2n) is 11.9. The molecule has 1 unspecified atom stereocenters. The smallest absolute Gasteiger partial charge is 0.257 e. The number of likely N-dealkylation sites (N-methyl/N-ethyl adjacent to an activating group) is 1. The van der Waals surface area contributed by atoms with Gasteiger partial charge in [0, 0.05) is 49.2 Å². The number of thiazole rings is 1. The Bertz CT molecular complexity index is 1410. The summed E-state index contributed by atoms with van der Waals surface area (Å²) in [4.78, 5) is 44.5. The molecule has 2 heterocycles. The Morgan fingerprint density at radius 1 is 1.14 bits per heavy atom. The standard InChI is InChI=1S/C31H41N5O3S2.C2H4O/c1-20-16-25(39-7)24(29(38)36-14-12-35(6)13-15-36)17-26(20)40-27-19-33-30(41-27)34-28(37)23-10-8-22(9-11-23)18-32-21(2)31(3,4)5;1-2-3/h8-11,16-17,19,21,32H,12-15,18H2,1-7H3,(H,33,34,37);2H,1H3. The van der Waals surface area contributed by atoms with E-state index in [4.69, 9.17) is 9.53 Å². The van der Waals surface area contributed by atoms with Crippen molar-refractivity contribution < 1.29 is 19.1 Å². The van der Waals surface area contributed by atoms with Crippen molar-refractivity contribution in [1.29, 1.82) is 0 Å². The summed E-state index contributed by atoms with van der Waals surface area (Å²) in [6.07, 6.45) is 2.50. The molecule has 3 aromatic rings. The number of aryl methyl sites for hydroxylation is 1. The van der Waals surface area contributed by atoms with Gasteiger partial charge in [0.05, 0.1) is 23.1 Å². The van der Waals surface area contributed by atoms with Crippen LogP contribution in [0.4, 0.5) is 5.13 Å². The number of piperazine rings is 1. The van der Waals surface area contributed by atoms with Crippen molar-refractivity contribution in [2.45, 2.75) is 63.2 Å². The number of aromatic nitrogens is 1. The van der Waals surface area contributed by atoms with Gasteiger partial charge in [-0.05, 0) is 68.6 Å². The van der Waals surface area contributed by atoms with Crippen molar-refractivity contribution in [3.8, 4) is 5.75 Å². The minimum absolute atomic E-state index is 0.0143. The molecule has 2 amide bonds. The average Bonchev–Trinajstić information content (AvgIpc) is 3.43. The monoisotopic (exact) mass is 639 g/mol. The number of ether oxygens (including phenoxy) is 1. The number of nitrogens with zero attached hydrogens (tertiary/aromatic N) is 3. The van der Waals surface area contributed by atoms with Crippen molar-refractivity contribution in [2.24, 2.45) is 5.41 Å². The lowest BCUT2D eigenvalue weighted by atomic mass is 9.88. The number of benzene rings is 2. The Morgan fingerprint density at radius 2 is 1.77 bits per heavy atom. The van der Waals surface area contributed by atoms with E-state index in [1.807, 2.05) is 48.2 Å². The minimum atomic E-state index is -0.195. The van der Waals surface area contributed by atoms with Crippen LogP contribution in [0.1, 0.15) is 66.5 Å². The predicted octanol–water partition coefficient (Wildman–Crippen LogP) is 5.98. The molecule has 1 aliphatic rings. The van der Waals surface area contributed by atoms with E-state index in [9.17, 15) is 9.59 Å². The van der Waals surface area contributed by atoms with Crippen LogP contribution in [0.15, 0.2) is 51.7 Å². The molecule has 0 radical (unpaired) electrons. The van der Waals surface area contributed by atoms with Crippen LogP contribution in [0.25, 0.3) is 0 Å². The van der Waals surface area contributed by atoms with Gasteiger partial charge in [-0.25, -0.2) is 4.98 Å². The molecule has 1 aliphatic heterocycles. The molecule has 11 heteroatoms. The van der Waals surface area contributed by atoms with Gasteiger partial charge >= 0.3 is 0 Å². The summed E-state index contributed by atoms with van der Waals surface area (Å²) in [5.41, 5.74) is 3.47. The van der Waals surface area contributed by atoms with Crippen LogP contribution in [0.2, 0.25) is 0 Å². The van der Waals surface area contributed by atoms with E-state index in [2.05, 4.69) is 55.3 Å². The van der Waals surface area contributed by atoms with E-state index in [0.29, 0.717) is 41.1 Å². The highest BCUT2D eigenvalue weighted by Crippen LogP contribution is 2.38. The van der Waals surface area contributed by atoms with Crippen LogP contribution in [0.5, 0.6) is 5.75 Å². The molecular formula is C33H45N5O4S2. The van der Waals surface area contributed by atoms with Gasteiger partial charge in [-0.3, -0.25) is 14.9 Å². The van der Waals surface area contributed by atoms with Gasteiger partial charge in [0.2, 0.25) is 0 Å². The van der Waals surface area contributed by atoms with Crippen molar-refractivity contribution in [3.05, 3.63) is 64.8 Å². The lowest BCUT2D eigenvalue weighted by molar-refractivity contribution is -0.106. The first-order valence-electron chi connectivity index (χ1n) is 14.7. The van der Waals surface area contributed by atoms with E-state index in [-0.39, 0.29) is 17.2 Å². The van der Waals surface area contributed by atoms with Gasteiger partial charge in [-0.2, -0.15) is 0 Å². The van der Waals surface area contributed by atoms with Gasteiger partial charge in [0.1, 0.15) is 12.0 Å². The van der Waals surface area contributed by atoms with Crippen molar-refractivity contribution in [3.63, 3.8) is 0 Å². The third-order valence-corrected chi connectivity index (χ3v) is 9.73. The first-order chi connectivity index (χ1) is 20.9. The third kappa shape index (κ3) is 9.88. The normalized spacial score (nSPS) is 14.3. The molecular weight excluding hydrogens is 595 g/mol. The summed E-state index contributed by atoms with van der Waals surface area (Å²) >= 11 is 2.94. The molecule has 0 spiro atoms. The Kier molecular flexibility index (Phi) is 12.9. The van der Waals surface area contributed by atoms with Crippen LogP contribution >= 0.6 is 23.1 Å². The summed E-state index contributed by atoms with van der Waals surface area (Å²) in [6.45, 7) is 16.1. The van der Waals surface area contributed by atoms with E-state index in [1.54, 1.807) is 13.3 Å². The number of amides is 2. The second-order valence-corrected chi connectivity index (χ2v) is 14.2. The SMILES string of the molecule is CC=O.COc1cc(C)c(Sc2cnc(NC(=O)c3ccc(CNC(C)C(C)(C)C)cc3)s2)cc1C(=O)N1CCN(C)CC1. The highest BCUT2D eigenvalue weighted by Gasteiger charge is 2.24. The quantitative estimate of drug-likeness (QED) is 0.276. The fourth-order valence-corrected chi connectivity index (χ4v) is 6.22. The second kappa shape index (κ2) is 16.2. The maximum absolute atomic E-state index is 13.3. The number of carbonyl (C=O) groups is 3. The molecule has 1 saturated heterocycles. The summed E-state index contributed by atoms with van der Waals surface area (Å²) in [5, 5.41) is 6.99. The Balaban J connectivity index is 0.00000169. The molecule has 0 bridgehead atoms. The summed E-state index contributed by atoms with van der Waals surface area (Å²) in [5.74, 6) is 0.372. The van der Waals surface area contributed by atoms with Gasteiger partial charge in [0.15, 0.2) is 5.13 Å². The van der Waals surface area contributed by atoms with Crippen LogP contribution in [0, 0.1) is 12.3 Å². The molecule has 238 valence electrons. The zero-order valence-corrected chi connectivity index (χ0v) is 28.7. The Morgan fingerprint density at radius 3 is 2.36 bits per heavy atom. The van der Waals surface area contributed by atoms with Crippen LogP contribution in [0.3, 0.4) is 0 Å². The molecule has 4 rings (SSSR count). The van der Waals surface area contributed by atoms with E-state index < -0.39 is 0 Å². The van der Waals surface area contributed by atoms with Crippen LogP contribution in [-0.4, -0.2) is 79.3 Å². The first-order valence-corrected chi connectivity index (χ1v) is 16.3.